The highest BCUT2D eigenvalue weighted by Crippen LogP contribution is 2.26. The molecule has 0 spiro atoms. The van der Waals surface area contributed by atoms with E-state index in [1.807, 2.05) is 48.5 Å². The number of rotatable bonds is 7. The van der Waals surface area contributed by atoms with Crippen LogP contribution in [0.1, 0.15) is 38.2 Å². The van der Waals surface area contributed by atoms with Crippen molar-refractivity contribution in [2.45, 2.75) is 50.4 Å². The van der Waals surface area contributed by atoms with Crippen LogP contribution in [0.25, 0.3) is 11.4 Å². The van der Waals surface area contributed by atoms with E-state index in [1.165, 1.54) is 36.6 Å². The predicted octanol–water partition coefficient (Wildman–Crippen LogP) is 4.78. The lowest BCUT2D eigenvalue weighted by Crippen LogP contribution is -2.41. The minimum Gasteiger partial charge on any atom is -0.352 e. The van der Waals surface area contributed by atoms with E-state index in [9.17, 15) is 4.79 Å². The van der Waals surface area contributed by atoms with Crippen LogP contribution in [-0.2, 0) is 11.3 Å². The summed E-state index contributed by atoms with van der Waals surface area (Å²) in [6.07, 6.45) is 4.76. The van der Waals surface area contributed by atoms with Gasteiger partial charge in [0.15, 0.2) is 11.0 Å². The molecule has 1 aliphatic carbocycles. The van der Waals surface area contributed by atoms with Crippen LogP contribution in [0.3, 0.4) is 0 Å². The Bertz CT molecular complexity index is 958. The number of amides is 1. The van der Waals surface area contributed by atoms with Crippen molar-refractivity contribution in [3.8, 4) is 11.4 Å². The molecule has 1 aromatic heterocycles. The van der Waals surface area contributed by atoms with Crippen molar-refractivity contribution < 1.29 is 4.79 Å². The molecule has 1 heterocycles. The summed E-state index contributed by atoms with van der Waals surface area (Å²) in [6.45, 7) is 2.90. The molecule has 0 radical (unpaired) electrons. The first-order chi connectivity index (χ1) is 14.7. The number of aromatic nitrogens is 3. The Hall–Kier alpha value is -2.60. The van der Waals surface area contributed by atoms with Crippen LogP contribution in [0, 0.1) is 5.92 Å². The molecule has 3 aromatic rings. The summed E-state index contributed by atoms with van der Waals surface area (Å²) in [7, 11) is 0. The molecular weight excluding hydrogens is 392 g/mol. The van der Waals surface area contributed by atoms with Crippen molar-refractivity contribution in [3.05, 3.63) is 66.2 Å². The fourth-order valence-corrected chi connectivity index (χ4v) is 4.76. The topological polar surface area (TPSA) is 59.8 Å². The van der Waals surface area contributed by atoms with Gasteiger partial charge < -0.3 is 5.32 Å². The summed E-state index contributed by atoms with van der Waals surface area (Å²) >= 11 is 1.46. The second kappa shape index (κ2) is 9.94. The van der Waals surface area contributed by atoms with Gasteiger partial charge >= 0.3 is 0 Å². The molecule has 6 heteroatoms. The molecule has 0 aliphatic heterocycles. The summed E-state index contributed by atoms with van der Waals surface area (Å²) in [4.78, 5) is 12.6. The lowest BCUT2D eigenvalue weighted by Gasteiger charge is -2.29. The maximum atomic E-state index is 12.6. The Morgan fingerprint density at radius 3 is 2.47 bits per heavy atom. The van der Waals surface area contributed by atoms with Gasteiger partial charge in [-0.1, -0.05) is 92.2 Å². The number of carbonyl (C=O) groups excluding carboxylic acids is 1. The third-order valence-corrected chi connectivity index (χ3v) is 6.69. The SMILES string of the molecule is C[C@H]1CCCC[C@H]1NC(=O)CSc1nnc(-c2ccccc2)n1Cc1ccccc1. The minimum atomic E-state index is 0.0780. The van der Waals surface area contributed by atoms with E-state index in [0.29, 0.717) is 24.3 Å². The van der Waals surface area contributed by atoms with Crippen LogP contribution in [-0.4, -0.2) is 32.5 Å². The average Bonchev–Trinajstić information content (AvgIpc) is 3.17. The summed E-state index contributed by atoms with van der Waals surface area (Å²) < 4.78 is 2.10. The van der Waals surface area contributed by atoms with Crippen molar-refractivity contribution in [1.29, 1.82) is 0 Å². The van der Waals surface area contributed by atoms with E-state index < -0.39 is 0 Å². The lowest BCUT2D eigenvalue weighted by molar-refractivity contribution is -0.119. The molecular formula is C24H28N4OS. The average molecular weight is 421 g/mol. The molecule has 1 saturated carbocycles. The maximum absolute atomic E-state index is 12.6. The number of carbonyl (C=O) groups is 1. The Morgan fingerprint density at radius 2 is 1.73 bits per heavy atom. The van der Waals surface area contributed by atoms with E-state index in [-0.39, 0.29) is 5.91 Å². The van der Waals surface area contributed by atoms with Gasteiger partial charge in [0.25, 0.3) is 0 Å². The Kier molecular flexibility index (Phi) is 6.84. The molecule has 30 heavy (non-hydrogen) atoms. The first kappa shape index (κ1) is 20.7. The second-order valence-electron chi connectivity index (χ2n) is 7.97. The highest BCUT2D eigenvalue weighted by atomic mass is 32.2. The Balaban J connectivity index is 1.49. The zero-order chi connectivity index (χ0) is 20.8. The summed E-state index contributed by atoms with van der Waals surface area (Å²) in [5, 5.41) is 12.9. The van der Waals surface area contributed by atoms with Gasteiger partial charge in [0, 0.05) is 11.6 Å². The van der Waals surface area contributed by atoms with Crippen LogP contribution >= 0.6 is 11.8 Å². The number of benzene rings is 2. The number of thioether (sulfide) groups is 1. The molecule has 1 aliphatic rings. The largest absolute Gasteiger partial charge is 0.352 e. The summed E-state index contributed by atoms with van der Waals surface area (Å²) in [5.41, 5.74) is 2.20. The van der Waals surface area contributed by atoms with Crippen LogP contribution in [0.2, 0.25) is 0 Å². The molecule has 1 fully saturated rings. The zero-order valence-corrected chi connectivity index (χ0v) is 18.1. The third kappa shape index (κ3) is 5.11. The molecule has 4 rings (SSSR count). The van der Waals surface area contributed by atoms with Gasteiger partial charge in [-0.05, 0) is 24.3 Å². The molecule has 1 amide bonds. The van der Waals surface area contributed by atoms with E-state index in [4.69, 9.17) is 0 Å². The Labute approximate surface area is 182 Å². The van der Waals surface area contributed by atoms with Crippen molar-refractivity contribution >= 4 is 17.7 Å². The highest BCUT2D eigenvalue weighted by molar-refractivity contribution is 7.99. The quantitative estimate of drug-likeness (QED) is 0.559. The number of hydrogen-bond acceptors (Lipinski definition) is 4. The van der Waals surface area contributed by atoms with Crippen molar-refractivity contribution in [2.75, 3.05) is 5.75 Å². The van der Waals surface area contributed by atoms with Crippen LogP contribution in [0.15, 0.2) is 65.8 Å². The highest BCUT2D eigenvalue weighted by Gasteiger charge is 2.23. The van der Waals surface area contributed by atoms with Gasteiger partial charge in [-0.3, -0.25) is 9.36 Å². The molecule has 2 aromatic carbocycles. The van der Waals surface area contributed by atoms with E-state index in [2.05, 4.69) is 39.1 Å². The van der Waals surface area contributed by atoms with E-state index in [1.54, 1.807) is 0 Å². The molecule has 156 valence electrons. The van der Waals surface area contributed by atoms with Crippen LogP contribution in [0.5, 0.6) is 0 Å². The van der Waals surface area contributed by atoms with Crippen LogP contribution in [0.4, 0.5) is 0 Å². The lowest BCUT2D eigenvalue weighted by atomic mass is 9.86. The maximum Gasteiger partial charge on any atom is 0.230 e. The summed E-state index contributed by atoms with van der Waals surface area (Å²) in [5.74, 6) is 1.81. The van der Waals surface area contributed by atoms with Gasteiger partial charge in [0.05, 0.1) is 12.3 Å². The van der Waals surface area contributed by atoms with E-state index in [0.717, 1.165) is 23.0 Å². The zero-order valence-electron chi connectivity index (χ0n) is 17.3. The molecule has 2 atom stereocenters. The Morgan fingerprint density at radius 1 is 1.03 bits per heavy atom. The third-order valence-electron chi connectivity index (χ3n) is 5.72. The van der Waals surface area contributed by atoms with Gasteiger partial charge in [0.1, 0.15) is 0 Å². The molecule has 0 bridgehead atoms. The molecule has 0 saturated heterocycles. The smallest absolute Gasteiger partial charge is 0.230 e. The fourth-order valence-electron chi connectivity index (χ4n) is 4.01. The van der Waals surface area contributed by atoms with Crippen LogP contribution < -0.4 is 5.32 Å². The second-order valence-corrected chi connectivity index (χ2v) is 8.91. The molecule has 5 nitrogen and oxygen atoms in total. The van der Waals surface area contributed by atoms with Gasteiger partial charge in [-0.15, -0.1) is 10.2 Å². The van der Waals surface area contributed by atoms with Crippen molar-refractivity contribution in [3.63, 3.8) is 0 Å². The normalized spacial score (nSPS) is 18.8. The standard InChI is InChI=1S/C24H28N4OS/c1-18-10-8-9-15-21(18)25-22(29)17-30-24-27-26-23(20-13-6-3-7-14-20)28(24)16-19-11-4-2-5-12-19/h2-7,11-14,18,21H,8-10,15-17H2,1H3,(H,25,29)/t18-,21+/m0/s1. The van der Waals surface area contributed by atoms with Crippen molar-refractivity contribution in [1.82, 2.24) is 20.1 Å². The first-order valence-corrected chi connectivity index (χ1v) is 11.6. The van der Waals surface area contributed by atoms with Gasteiger partial charge in [-0.25, -0.2) is 0 Å². The van der Waals surface area contributed by atoms with E-state index >= 15 is 0 Å². The molecule has 0 unspecified atom stereocenters. The number of nitrogens with one attached hydrogen (secondary N) is 1. The van der Waals surface area contributed by atoms with Gasteiger partial charge in [-0.2, -0.15) is 0 Å². The predicted molar refractivity (Wildman–Crippen MR) is 121 cm³/mol. The fraction of sp³-hybridized carbons (Fsp3) is 0.375. The molecule has 1 N–H and O–H groups in total. The number of nitrogens with zero attached hydrogens (tertiary/aromatic N) is 3. The first-order valence-electron chi connectivity index (χ1n) is 10.7. The summed E-state index contributed by atoms with van der Waals surface area (Å²) in [6, 6.07) is 20.7. The monoisotopic (exact) mass is 420 g/mol. The van der Waals surface area contributed by atoms with Crippen molar-refractivity contribution in [2.24, 2.45) is 5.92 Å². The number of hydrogen-bond donors (Lipinski definition) is 1. The minimum absolute atomic E-state index is 0.0780. The van der Waals surface area contributed by atoms with Gasteiger partial charge in [0.2, 0.25) is 5.91 Å².